The van der Waals surface area contributed by atoms with E-state index < -0.39 is 0 Å². The second-order valence-corrected chi connectivity index (χ2v) is 2.79. The van der Waals surface area contributed by atoms with Gasteiger partial charge in [0.1, 0.15) is 0 Å². The summed E-state index contributed by atoms with van der Waals surface area (Å²) in [5.41, 5.74) is 0. The zero-order valence-corrected chi connectivity index (χ0v) is 7.94. The second kappa shape index (κ2) is 5.77. The SMILES string of the molecule is Cl.N#CCCN(N)c1nccs1. The van der Waals surface area contributed by atoms with E-state index in [0.717, 1.165) is 5.13 Å². The number of nitrogens with two attached hydrogens (primary N) is 1. The van der Waals surface area contributed by atoms with Gasteiger partial charge in [0.2, 0.25) is 0 Å². The Hall–Kier alpha value is -0.830. The van der Waals surface area contributed by atoms with Crippen molar-refractivity contribution >= 4 is 28.9 Å². The Labute approximate surface area is 81.0 Å². The Balaban J connectivity index is 0.00000121. The van der Waals surface area contributed by atoms with Gasteiger partial charge in [-0.25, -0.2) is 10.8 Å². The average Bonchev–Trinajstić information content (AvgIpc) is 2.52. The highest BCUT2D eigenvalue weighted by molar-refractivity contribution is 7.13. The number of rotatable bonds is 3. The normalized spacial score (nSPS) is 8.33. The highest BCUT2D eigenvalue weighted by Gasteiger charge is 2.01. The molecule has 1 aromatic rings. The summed E-state index contributed by atoms with van der Waals surface area (Å²) < 4.78 is 0. The van der Waals surface area contributed by atoms with Crippen molar-refractivity contribution in [2.45, 2.75) is 6.42 Å². The first kappa shape index (κ1) is 11.2. The van der Waals surface area contributed by atoms with E-state index in [-0.39, 0.29) is 12.4 Å². The molecular formula is C6H9ClN4S. The number of hydrogen-bond donors (Lipinski definition) is 1. The molecule has 0 aromatic carbocycles. The summed E-state index contributed by atoms with van der Waals surface area (Å²) in [7, 11) is 0. The lowest BCUT2D eigenvalue weighted by Gasteiger charge is -2.11. The van der Waals surface area contributed by atoms with Gasteiger partial charge < -0.3 is 0 Å². The number of hydrazine groups is 1. The van der Waals surface area contributed by atoms with Crippen LogP contribution in [0.25, 0.3) is 0 Å². The van der Waals surface area contributed by atoms with E-state index in [1.54, 1.807) is 6.20 Å². The fourth-order valence-corrected chi connectivity index (χ4v) is 1.22. The molecule has 0 spiro atoms. The summed E-state index contributed by atoms with van der Waals surface area (Å²) >= 11 is 1.46. The highest BCUT2D eigenvalue weighted by atomic mass is 35.5. The lowest BCUT2D eigenvalue weighted by Crippen LogP contribution is -2.31. The smallest absolute Gasteiger partial charge is 0.199 e. The molecule has 1 heterocycles. The molecule has 0 atom stereocenters. The van der Waals surface area contributed by atoms with Gasteiger partial charge in [-0.05, 0) is 0 Å². The summed E-state index contributed by atoms with van der Waals surface area (Å²) in [6, 6.07) is 2.02. The van der Waals surface area contributed by atoms with Crippen LogP contribution < -0.4 is 10.9 Å². The summed E-state index contributed by atoms with van der Waals surface area (Å²) in [6.45, 7) is 0.532. The van der Waals surface area contributed by atoms with Crippen LogP contribution >= 0.6 is 23.7 Å². The Morgan fingerprint density at radius 3 is 3.00 bits per heavy atom. The van der Waals surface area contributed by atoms with Crippen LogP contribution in [-0.4, -0.2) is 11.5 Å². The number of hydrogen-bond acceptors (Lipinski definition) is 5. The topological polar surface area (TPSA) is 65.9 Å². The number of aromatic nitrogens is 1. The van der Waals surface area contributed by atoms with Crippen LogP contribution in [0.2, 0.25) is 0 Å². The molecular weight excluding hydrogens is 196 g/mol. The molecule has 4 nitrogen and oxygen atoms in total. The molecule has 0 fully saturated rings. The Morgan fingerprint density at radius 2 is 2.50 bits per heavy atom. The molecule has 0 saturated carbocycles. The fraction of sp³-hybridized carbons (Fsp3) is 0.333. The zero-order valence-electron chi connectivity index (χ0n) is 6.30. The number of thiazole rings is 1. The minimum atomic E-state index is 0. The summed E-state index contributed by atoms with van der Waals surface area (Å²) in [6.07, 6.45) is 2.11. The van der Waals surface area contributed by atoms with Gasteiger partial charge in [0, 0.05) is 18.1 Å². The highest BCUT2D eigenvalue weighted by Crippen LogP contribution is 2.13. The summed E-state index contributed by atoms with van der Waals surface area (Å²) in [5, 5.41) is 12.3. The molecule has 66 valence electrons. The monoisotopic (exact) mass is 204 g/mol. The maximum absolute atomic E-state index is 8.26. The van der Waals surface area contributed by atoms with Gasteiger partial charge in [-0.2, -0.15) is 5.26 Å². The maximum Gasteiger partial charge on any atom is 0.199 e. The Kier molecular flexibility index (Phi) is 5.37. The molecule has 0 aliphatic carbocycles. The predicted molar refractivity (Wildman–Crippen MR) is 51.1 cm³/mol. The minimum Gasteiger partial charge on any atom is -0.285 e. The van der Waals surface area contributed by atoms with Crippen molar-refractivity contribution in [1.29, 1.82) is 5.26 Å². The minimum absolute atomic E-state index is 0. The Morgan fingerprint density at radius 1 is 1.75 bits per heavy atom. The van der Waals surface area contributed by atoms with Crippen molar-refractivity contribution in [3.8, 4) is 6.07 Å². The quantitative estimate of drug-likeness (QED) is 0.593. The van der Waals surface area contributed by atoms with Crippen LogP contribution in [0.3, 0.4) is 0 Å². The van der Waals surface area contributed by atoms with E-state index in [1.807, 2.05) is 11.4 Å². The van der Waals surface area contributed by atoms with E-state index in [9.17, 15) is 0 Å². The molecule has 2 N–H and O–H groups in total. The van der Waals surface area contributed by atoms with Gasteiger partial charge in [0.05, 0.1) is 12.5 Å². The zero-order chi connectivity index (χ0) is 8.10. The van der Waals surface area contributed by atoms with Gasteiger partial charge in [0.15, 0.2) is 5.13 Å². The van der Waals surface area contributed by atoms with E-state index in [0.29, 0.717) is 13.0 Å². The van der Waals surface area contributed by atoms with Crippen molar-refractivity contribution in [3.05, 3.63) is 11.6 Å². The fourth-order valence-electron chi connectivity index (χ4n) is 0.624. The van der Waals surface area contributed by atoms with Crippen LogP contribution in [0, 0.1) is 11.3 Å². The Bertz CT molecular complexity index is 243. The number of nitriles is 1. The van der Waals surface area contributed by atoms with Crippen LogP contribution in [-0.2, 0) is 0 Å². The number of halogens is 1. The number of anilines is 1. The van der Waals surface area contributed by atoms with Crippen molar-refractivity contribution < 1.29 is 0 Å². The molecule has 0 amide bonds. The average molecular weight is 205 g/mol. The van der Waals surface area contributed by atoms with E-state index >= 15 is 0 Å². The van der Waals surface area contributed by atoms with Crippen LogP contribution in [0.1, 0.15) is 6.42 Å². The lowest BCUT2D eigenvalue weighted by molar-refractivity contribution is 0.840. The largest absolute Gasteiger partial charge is 0.285 e. The molecule has 0 radical (unpaired) electrons. The molecule has 0 unspecified atom stereocenters. The van der Waals surface area contributed by atoms with Gasteiger partial charge in [-0.15, -0.1) is 23.7 Å². The molecule has 0 bridgehead atoms. The van der Waals surface area contributed by atoms with Crippen molar-refractivity contribution in [1.82, 2.24) is 4.98 Å². The second-order valence-electron chi connectivity index (χ2n) is 1.92. The van der Waals surface area contributed by atoms with Crippen molar-refractivity contribution in [2.75, 3.05) is 11.6 Å². The third kappa shape index (κ3) is 3.05. The standard InChI is InChI=1S/C6H8N4S.ClH/c7-2-1-4-10(8)6-9-3-5-11-6;/h3,5H,1,4,8H2;1H. The van der Waals surface area contributed by atoms with Gasteiger partial charge >= 0.3 is 0 Å². The van der Waals surface area contributed by atoms with Crippen LogP contribution in [0.15, 0.2) is 11.6 Å². The first-order valence-electron chi connectivity index (χ1n) is 3.13. The first-order chi connectivity index (χ1) is 5.34. The maximum atomic E-state index is 8.26. The number of nitrogens with zero attached hydrogens (tertiary/aromatic N) is 3. The molecule has 12 heavy (non-hydrogen) atoms. The van der Waals surface area contributed by atoms with Crippen LogP contribution in [0.5, 0.6) is 0 Å². The van der Waals surface area contributed by atoms with Crippen molar-refractivity contribution in [2.24, 2.45) is 5.84 Å². The van der Waals surface area contributed by atoms with Gasteiger partial charge in [0.25, 0.3) is 0 Å². The summed E-state index contributed by atoms with van der Waals surface area (Å²) in [4.78, 5) is 3.98. The third-order valence-corrected chi connectivity index (χ3v) is 1.94. The molecule has 1 rings (SSSR count). The van der Waals surface area contributed by atoms with Crippen LogP contribution in [0.4, 0.5) is 5.13 Å². The van der Waals surface area contributed by atoms with Crippen molar-refractivity contribution in [3.63, 3.8) is 0 Å². The molecule has 0 aliphatic rings. The predicted octanol–water partition coefficient (Wildman–Crippen LogP) is 1.16. The van der Waals surface area contributed by atoms with Gasteiger partial charge in [-0.1, -0.05) is 0 Å². The van der Waals surface area contributed by atoms with E-state index in [4.69, 9.17) is 11.1 Å². The van der Waals surface area contributed by atoms with E-state index in [1.165, 1.54) is 16.3 Å². The van der Waals surface area contributed by atoms with E-state index in [2.05, 4.69) is 4.98 Å². The molecule has 0 aliphatic heterocycles. The van der Waals surface area contributed by atoms with Gasteiger partial charge in [-0.3, -0.25) is 5.01 Å². The summed E-state index contributed by atoms with van der Waals surface area (Å²) in [5.74, 6) is 5.56. The molecule has 6 heteroatoms. The molecule has 0 saturated heterocycles. The molecule has 1 aromatic heterocycles. The lowest BCUT2D eigenvalue weighted by atomic mass is 10.5. The first-order valence-corrected chi connectivity index (χ1v) is 4.01. The third-order valence-electron chi connectivity index (χ3n) is 1.13.